The zero-order valence-corrected chi connectivity index (χ0v) is 11.0. The molecule has 0 unspecified atom stereocenters. The summed E-state index contributed by atoms with van der Waals surface area (Å²) in [6.45, 7) is 4.48. The van der Waals surface area contributed by atoms with Gasteiger partial charge in [-0.05, 0) is 35.4 Å². The third kappa shape index (κ3) is 2.49. The van der Waals surface area contributed by atoms with Crippen molar-refractivity contribution in [2.24, 2.45) is 0 Å². The largest absolute Gasteiger partial charge is 0.376 e. The quantitative estimate of drug-likeness (QED) is 0.784. The molecule has 0 saturated carbocycles. The number of hydrogen-bond donors (Lipinski definition) is 0. The molecule has 0 saturated heterocycles. The molecule has 2 aliphatic heterocycles. The fourth-order valence-electron chi connectivity index (χ4n) is 2.78. The SMILES string of the molecule is CN1C=CC2=C(CCN(Cc3ccccc3)C2)C1. The average molecular weight is 240 g/mol. The van der Waals surface area contributed by atoms with Gasteiger partial charge in [-0.25, -0.2) is 0 Å². The van der Waals surface area contributed by atoms with Crippen LogP contribution in [0.2, 0.25) is 0 Å². The molecule has 0 amide bonds. The number of nitrogens with zero attached hydrogens (tertiary/aromatic N) is 2. The van der Waals surface area contributed by atoms with Gasteiger partial charge in [0.05, 0.1) is 0 Å². The summed E-state index contributed by atoms with van der Waals surface area (Å²) in [6.07, 6.45) is 5.71. The molecule has 0 bridgehead atoms. The van der Waals surface area contributed by atoms with E-state index in [1.165, 1.54) is 24.1 Å². The van der Waals surface area contributed by atoms with Gasteiger partial charge < -0.3 is 4.90 Å². The van der Waals surface area contributed by atoms with E-state index in [1.807, 2.05) is 0 Å². The van der Waals surface area contributed by atoms with Gasteiger partial charge in [0.25, 0.3) is 0 Å². The average Bonchev–Trinajstić information content (AvgIpc) is 2.40. The van der Waals surface area contributed by atoms with Crippen molar-refractivity contribution in [3.8, 4) is 0 Å². The van der Waals surface area contributed by atoms with Gasteiger partial charge in [0.15, 0.2) is 0 Å². The molecule has 2 nitrogen and oxygen atoms in total. The first-order valence-corrected chi connectivity index (χ1v) is 6.67. The van der Waals surface area contributed by atoms with E-state index in [0.717, 1.165) is 19.6 Å². The standard InChI is InChI=1S/C16H20N2/c1-17-9-7-16-13-18(10-8-15(16)12-17)11-14-5-3-2-4-6-14/h2-7,9H,8,10-13H2,1H3. The topological polar surface area (TPSA) is 6.48 Å². The van der Waals surface area contributed by atoms with Crippen LogP contribution in [0.5, 0.6) is 0 Å². The minimum Gasteiger partial charge on any atom is -0.376 e. The molecule has 3 rings (SSSR count). The van der Waals surface area contributed by atoms with Gasteiger partial charge >= 0.3 is 0 Å². The van der Waals surface area contributed by atoms with Crippen LogP contribution in [0, 0.1) is 0 Å². The lowest BCUT2D eigenvalue weighted by Gasteiger charge is -2.33. The van der Waals surface area contributed by atoms with Gasteiger partial charge in [-0.1, -0.05) is 30.3 Å². The fourth-order valence-corrected chi connectivity index (χ4v) is 2.78. The third-order valence-corrected chi connectivity index (χ3v) is 3.80. The van der Waals surface area contributed by atoms with Crippen LogP contribution in [0.25, 0.3) is 0 Å². The van der Waals surface area contributed by atoms with E-state index in [4.69, 9.17) is 0 Å². The molecule has 1 aromatic carbocycles. The Morgan fingerprint density at radius 3 is 2.78 bits per heavy atom. The first kappa shape index (κ1) is 11.5. The van der Waals surface area contributed by atoms with Crippen molar-refractivity contribution >= 4 is 0 Å². The first-order chi connectivity index (χ1) is 8.81. The maximum Gasteiger partial charge on any atom is 0.0386 e. The van der Waals surface area contributed by atoms with Gasteiger partial charge in [0.1, 0.15) is 0 Å². The van der Waals surface area contributed by atoms with Crippen LogP contribution in [0.4, 0.5) is 0 Å². The van der Waals surface area contributed by atoms with Crippen molar-refractivity contribution in [2.45, 2.75) is 13.0 Å². The minimum absolute atomic E-state index is 1.07. The molecule has 18 heavy (non-hydrogen) atoms. The molecule has 0 atom stereocenters. The van der Waals surface area contributed by atoms with E-state index in [9.17, 15) is 0 Å². The molecule has 2 heterocycles. The van der Waals surface area contributed by atoms with E-state index in [2.05, 4.69) is 59.5 Å². The summed E-state index contributed by atoms with van der Waals surface area (Å²) in [5.41, 5.74) is 4.58. The number of benzene rings is 1. The normalized spacial score (nSPS) is 20.2. The molecule has 2 heteroatoms. The predicted octanol–water partition coefficient (Wildman–Crippen LogP) is 2.65. The highest BCUT2D eigenvalue weighted by molar-refractivity contribution is 5.33. The lowest BCUT2D eigenvalue weighted by Crippen LogP contribution is -2.34. The van der Waals surface area contributed by atoms with Crippen LogP contribution in [-0.2, 0) is 6.54 Å². The Bertz CT molecular complexity index is 473. The van der Waals surface area contributed by atoms with Crippen LogP contribution in [-0.4, -0.2) is 36.5 Å². The minimum atomic E-state index is 1.07. The van der Waals surface area contributed by atoms with Gasteiger partial charge in [0.2, 0.25) is 0 Å². The van der Waals surface area contributed by atoms with Gasteiger partial charge in [0, 0.05) is 33.2 Å². The molecule has 0 fully saturated rings. The lowest BCUT2D eigenvalue weighted by molar-refractivity contribution is 0.272. The zero-order valence-electron chi connectivity index (χ0n) is 11.0. The molecule has 0 aliphatic carbocycles. The Kier molecular flexibility index (Phi) is 3.20. The molecule has 0 spiro atoms. The second-order valence-corrected chi connectivity index (χ2v) is 5.31. The van der Waals surface area contributed by atoms with E-state index in [-0.39, 0.29) is 0 Å². The highest BCUT2D eigenvalue weighted by atomic mass is 15.1. The molecule has 1 aromatic rings. The lowest BCUT2D eigenvalue weighted by atomic mass is 9.97. The van der Waals surface area contributed by atoms with Gasteiger partial charge in [-0.15, -0.1) is 0 Å². The molecular formula is C16H20N2. The van der Waals surface area contributed by atoms with E-state index < -0.39 is 0 Å². The molecule has 0 aromatic heterocycles. The zero-order chi connectivity index (χ0) is 12.4. The molecule has 0 radical (unpaired) electrons. The van der Waals surface area contributed by atoms with Crippen molar-refractivity contribution in [3.05, 3.63) is 59.3 Å². The summed E-state index contributed by atoms with van der Waals surface area (Å²) in [5, 5.41) is 0. The summed E-state index contributed by atoms with van der Waals surface area (Å²) in [7, 11) is 2.15. The Morgan fingerprint density at radius 1 is 1.11 bits per heavy atom. The van der Waals surface area contributed by atoms with Gasteiger partial charge in [-0.2, -0.15) is 0 Å². The highest BCUT2D eigenvalue weighted by Gasteiger charge is 2.20. The number of hydrogen-bond acceptors (Lipinski definition) is 2. The predicted molar refractivity (Wildman–Crippen MR) is 75.1 cm³/mol. The Morgan fingerprint density at radius 2 is 1.94 bits per heavy atom. The third-order valence-electron chi connectivity index (χ3n) is 3.80. The summed E-state index contributed by atoms with van der Waals surface area (Å²) < 4.78 is 0. The van der Waals surface area contributed by atoms with Crippen molar-refractivity contribution in [2.75, 3.05) is 26.7 Å². The van der Waals surface area contributed by atoms with Crippen molar-refractivity contribution in [3.63, 3.8) is 0 Å². The summed E-state index contributed by atoms with van der Waals surface area (Å²) in [5.74, 6) is 0. The highest BCUT2D eigenvalue weighted by Crippen LogP contribution is 2.24. The smallest absolute Gasteiger partial charge is 0.0386 e. The Hall–Kier alpha value is -1.54. The second-order valence-electron chi connectivity index (χ2n) is 5.31. The maximum atomic E-state index is 2.55. The molecule has 2 aliphatic rings. The van der Waals surface area contributed by atoms with E-state index >= 15 is 0 Å². The molecular weight excluding hydrogens is 220 g/mol. The van der Waals surface area contributed by atoms with Crippen molar-refractivity contribution < 1.29 is 0 Å². The Labute approximate surface area is 109 Å². The van der Waals surface area contributed by atoms with Crippen LogP contribution in [0.15, 0.2) is 53.8 Å². The van der Waals surface area contributed by atoms with E-state index in [0.29, 0.717) is 0 Å². The van der Waals surface area contributed by atoms with Gasteiger partial charge in [-0.3, -0.25) is 4.90 Å². The van der Waals surface area contributed by atoms with Crippen molar-refractivity contribution in [1.82, 2.24) is 9.80 Å². The molecule has 94 valence electrons. The first-order valence-electron chi connectivity index (χ1n) is 6.67. The number of rotatable bonds is 2. The van der Waals surface area contributed by atoms with Crippen LogP contribution < -0.4 is 0 Å². The summed E-state index contributed by atoms with van der Waals surface area (Å²) >= 11 is 0. The summed E-state index contributed by atoms with van der Waals surface area (Å²) in [4.78, 5) is 4.81. The van der Waals surface area contributed by atoms with Crippen LogP contribution in [0.3, 0.4) is 0 Å². The van der Waals surface area contributed by atoms with Crippen LogP contribution >= 0.6 is 0 Å². The second kappa shape index (κ2) is 4.99. The van der Waals surface area contributed by atoms with Crippen LogP contribution in [0.1, 0.15) is 12.0 Å². The number of likely N-dealkylation sites (N-methyl/N-ethyl adjacent to an activating group) is 1. The Balaban J connectivity index is 1.67. The summed E-state index contributed by atoms with van der Waals surface area (Å²) in [6, 6.07) is 10.8. The van der Waals surface area contributed by atoms with Crippen molar-refractivity contribution in [1.29, 1.82) is 0 Å². The molecule has 0 N–H and O–H groups in total. The van der Waals surface area contributed by atoms with E-state index in [1.54, 1.807) is 5.57 Å². The monoisotopic (exact) mass is 240 g/mol. The fraction of sp³-hybridized carbons (Fsp3) is 0.375. The maximum absolute atomic E-state index is 2.55.